The largest absolute Gasteiger partial charge is 0.446 e. The van der Waals surface area contributed by atoms with Crippen LogP contribution in [0.2, 0.25) is 0 Å². The lowest BCUT2D eigenvalue weighted by Gasteiger charge is -2.25. The van der Waals surface area contributed by atoms with Gasteiger partial charge >= 0.3 is 0 Å². The summed E-state index contributed by atoms with van der Waals surface area (Å²) in [6, 6.07) is 0. The molecule has 2 unspecified atom stereocenters. The molecule has 1 aromatic heterocycles. The van der Waals surface area contributed by atoms with Crippen LogP contribution in [0.5, 0.6) is 0 Å². The first-order chi connectivity index (χ1) is 15.2. The van der Waals surface area contributed by atoms with Gasteiger partial charge in [0, 0.05) is 32.7 Å². The molecule has 2 atom stereocenters. The molecule has 0 bridgehead atoms. The summed E-state index contributed by atoms with van der Waals surface area (Å²) in [5.74, 6) is 0.901. The predicted octanol–water partition coefficient (Wildman–Crippen LogP) is 3.06. The molecule has 4 rings (SSSR count). The third-order valence-electron chi connectivity index (χ3n) is 6.67. The Kier molecular flexibility index (Phi) is 7.97. The van der Waals surface area contributed by atoms with Crippen molar-refractivity contribution in [3.8, 4) is 0 Å². The Labute approximate surface area is 184 Å². The topological polar surface area (TPSA) is 93.9 Å². The van der Waals surface area contributed by atoms with E-state index in [4.69, 9.17) is 13.9 Å². The second kappa shape index (κ2) is 11.1. The summed E-state index contributed by atoms with van der Waals surface area (Å²) in [6.07, 6.45) is 12.1. The molecule has 8 nitrogen and oxygen atoms in total. The average Bonchev–Trinajstić information content (AvgIpc) is 3.57. The molecule has 2 aliphatic heterocycles. The maximum Gasteiger partial charge on any atom is 0.273 e. The van der Waals surface area contributed by atoms with Gasteiger partial charge in [0.25, 0.3) is 5.91 Å². The van der Waals surface area contributed by atoms with Gasteiger partial charge in [-0.05, 0) is 38.0 Å². The number of carbonyl (C=O) groups is 2. The van der Waals surface area contributed by atoms with Crippen molar-refractivity contribution in [3.05, 3.63) is 17.8 Å². The number of amides is 2. The van der Waals surface area contributed by atoms with Gasteiger partial charge in [0.1, 0.15) is 6.26 Å². The molecule has 2 saturated heterocycles. The van der Waals surface area contributed by atoms with E-state index in [9.17, 15) is 9.59 Å². The summed E-state index contributed by atoms with van der Waals surface area (Å²) < 4.78 is 16.8. The van der Waals surface area contributed by atoms with Gasteiger partial charge < -0.3 is 24.1 Å². The number of aromatic nitrogens is 1. The van der Waals surface area contributed by atoms with Crippen LogP contribution < -0.4 is 5.32 Å². The quantitative estimate of drug-likeness (QED) is 0.609. The van der Waals surface area contributed by atoms with Crippen LogP contribution in [0.1, 0.15) is 80.6 Å². The van der Waals surface area contributed by atoms with E-state index >= 15 is 0 Å². The summed E-state index contributed by atoms with van der Waals surface area (Å²) in [6.45, 7) is 2.80. The third kappa shape index (κ3) is 6.53. The summed E-state index contributed by atoms with van der Waals surface area (Å²) in [5.41, 5.74) is 0.239. The number of oxazole rings is 1. The molecule has 2 amide bonds. The molecule has 1 saturated carbocycles. The molecule has 0 radical (unpaired) electrons. The number of nitrogens with one attached hydrogen (secondary N) is 1. The molecule has 3 heterocycles. The Bertz CT molecular complexity index is 719. The maximum absolute atomic E-state index is 13.0. The molecule has 1 aliphatic carbocycles. The Hall–Kier alpha value is -1.93. The number of hydrogen-bond donors (Lipinski definition) is 1. The van der Waals surface area contributed by atoms with Crippen LogP contribution in [0.25, 0.3) is 0 Å². The van der Waals surface area contributed by atoms with Crippen molar-refractivity contribution >= 4 is 11.8 Å². The van der Waals surface area contributed by atoms with Crippen LogP contribution in [0, 0.1) is 5.92 Å². The van der Waals surface area contributed by atoms with Crippen LogP contribution in [-0.4, -0.2) is 60.2 Å². The Balaban J connectivity index is 1.31. The Morgan fingerprint density at radius 2 is 1.77 bits per heavy atom. The van der Waals surface area contributed by atoms with E-state index in [-0.39, 0.29) is 36.3 Å². The number of nitrogens with zero attached hydrogens (tertiary/aromatic N) is 2. The predicted molar refractivity (Wildman–Crippen MR) is 113 cm³/mol. The first-order valence-electron chi connectivity index (χ1n) is 11.9. The van der Waals surface area contributed by atoms with E-state index in [2.05, 4.69) is 10.3 Å². The highest BCUT2D eigenvalue weighted by molar-refractivity contribution is 5.91. The monoisotopic (exact) mass is 433 g/mol. The Morgan fingerprint density at radius 1 is 1.03 bits per heavy atom. The van der Waals surface area contributed by atoms with E-state index in [0.717, 1.165) is 45.3 Å². The van der Waals surface area contributed by atoms with Crippen molar-refractivity contribution in [2.75, 3.05) is 26.3 Å². The summed E-state index contributed by atoms with van der Waals surface area (Å²) >= 11 is 0. The van der Waals surface area contributed by atoms with Gasteiger partial charge in [0.05, 0.1) is 18.8 Å². The summed E-state index contributed by atoms with van der Waals surface area (Å²) in [5, 5.41) is 2.85. The second-order valence-electron chi connectivity index (χ2n) is 9.07. The molecule has 0 aromatic carbocycles. The lowest BCUT2D eigenvalue weighted by molar-refractivity contribution is -0.134. The standard InChI is InChI=1S/C23H35N3O5/c27-22(10-9-17-5-1-2-6-17)26(14-19-8-4-12-30-19)15-21-25-20(16-31-21)23(28)24-13-18-7-3-11-29-18/h16-19H,1-15H2,(H,24,28). The number of hydrogen-bond acceptors (Lipinski definition) is 6. The van der Waals surface area contributed by atoms with E-state index in [0.29, 0.717) is 31.3 Å². The highest BCUT2D eigenvalue weighted by atomic mass is 16.5. The zero-order chi connectivity index (χ0) is 21.5. The fourth-order valence-electron chi connectivity index (χ4n) is 4.83. The molecule has 1 N–H and O–H groups in total. The van der Waals surface area contributed by atoms with Crippen molar-refractivity contribution in [2.24, 2.45) is 5.92 Å². The molecule has 1 aromatic rings. The second-order valence-corrected chi connectivity index (χ2v) is 9.07. The highest BCUT2D eigenvalue weighted by Crippen LogP contribution is 2.29. The first-order valence-corrected chi connectivity index (χ1v) is 11.9. The van der Waals surface area contributed by atoms with Crippen LogP contribution >= 0.6 is 0 Å². The molecular weight excluding hydrogens is 398 g/mol. The number of rotatable bonds is 10. The van der Waals surface area contributed by atoms with E-state index < -0.39 is 0 Å². The smallest absolute Gasteiger partial charge is 0.273 e. The van der Waals surface area contributed by atoms with E-state index in [1.165, 1.54) is 31.9 Å². The number of ether oxygens (including phenoxy) is 2. The van der Waals surface area contributed by atoms with Gasteiger partial charge in [-0.1, -0.05) is 25.7 Å². The SMILES string of the molecule is O=C(NCC1CCCO1)c1coc(CN(CC2CCCO2)C(=O)CCC2CCCC2)n1. The van der Waals surface area contributed by atoms with Crippen molar-refractivity contribution in [2.45, 2.75) is 83.0 Å². The zero-order valence-electron chi connectivity index (χ0n) is 18.4. The highest BCUT2D eigenvalue weighted by Gasteiger charge is 2.26. The lowest BCUT2D eigenvalue weighted by atomic mass is 10.0. The molecule has 8 heteroatoms. The minimum Gasteiger partial charge on any atom is -0.446 e. The van der Waals surface area contributed by atoms with Crippen LogP contribution in [0.4, 0.5) is 0 Å². The van der Waals surface area contributed by atoms with Crippen molar-refractivity contribution in [1.29, 1.82) is 0 Å². The van der Waals surface area contributed by atoms with Crippen molar-refractivity contribution in [1.82, 2.24) is 15.2 Å². The zero-order valence-corrected chi connectivity index (χ0v) is 18.4. The maximum atomic E-state index is 13.0. The van der Waals surface area contributed by atoms with Gasteiger partial charge in [0.2, 0.25) is 11.8 Å². The Morgan fingerprint density at radius 3 is 2.48 bits per heavy atom. The molecule has 172 valence electrons. The molecule has 3 aliphatic rings. The summed E-state index contributed by atoms with van der Waals surface area (Å²) in [4.78, 5) is 31.5. The molecule has 0 spiro atoms. The lowest BCUT2D eigenvalue weighted by Crippen LogP contribution is -2.37. The van der Waals surface area contributed by atoms with Crippen LogP contribution in [-0.2, 0) is 20.8 Å². The normalized spacial score (nSPS) is 24.0. The molecule has 31 heavy (non-hydrogen) atoms. The minimum atomic E-state index is -0.274. The minimum absolute atomic E-state index is 0.0690. The van der Waals surface area contributed by atoms with E-state index in [1.807, 2.05) is 0 Å². The van der Waals surface area contributed by atoms with Crippen molar-refractivity contribution < 1.29 is 23.5 Å². The van der Waals surface area contributed by atoms with Gasteiger partial charge in [-0.25, -0.2) is 4.98 Å². The third-order valence-corrected chi connectivity index (χ3v) is 6.67. The first kappa shape index (κ1) is 22.3. The van der Waals surface area contributed by atoms with Gasteiger partial charge in [0.15, 0.2) is 5.69 Å². The average molecular weight is 434 g/mol. The molecule has 3 fully saturated rings. The van der Waals surface area contributed by atoms with Crippen LogP contribution in [0.15, 0.2) is 10.7 Å². The fraction of sp³-hybridized carbons (Fsp3) is 0.783. The van der Waals surface area contributed by atoms with E-state index in [1.54, 1.807) is 4.90 Å². The van der Waals surface area contributed by atoms with Gasteiger partial charge in [-0.3, -0.25) is 9.59 Å². The van der Waals surface area contributed by atoms with Gasteiger partial charge in [-0.2, -0.15) is 0 Å². The molecular formula is C23H35N3O5. The van der Waals surface area contributed by atoms with Crippen molar-refractivity contribution in [3.63, 3.8) is 0 Å². The number of carbonyl (C=O) groups excluding carboxylic acids is 2. The fourth-order valence-corrected chi connectivity index (χ4v) is 4.83. The van der Waals surface area contributed by atoms with Crippen LogP contribution in [0.3, 0.4) is 0 Å². The van der Waals surface area contributed by atoms with Gasteiger partial charge in [-0.15, -0.1) is 0 Å². The summed E-state index contributed by atoms with van der Waals surface area (Å²) in [7, 11) is 0.